The van der Waals surface area contributed by atoms with Crippen LogP contribution in [0.3, 0.4) is 0 Å². The molecular weight excluding hydrogens is 349 g/mol. The fraction of sp³-hybridized carbons (Fsp3) is 0.462. The average molecular weight is 362 g/mol. The highest BCUT2D eigenvalue weighted by molar-refractivity contribution is 9.10. The molecule has 0 heterocycles. The van der Waals surface area contributed by atoms with Crippen molar-refractivity contribution in [2.45, 2.75) is 32.0 Å². The number of ketones is 1. The standard InChI is InChI=1S/C13H13BrFNO5/c1-2-3-20-13-10(17)6-12(13)21-11-5-8(15)7(14)4-9(11)16(18)19/h4-5,12-13H,2-3,6H2,1H3. The number of carbonyl (C=O) groups excluding carboxylic acids is 1. The minimum atomic E-state index is -0.740. The van der Waals surface area contributed by atoms with Gasteiger partial charge < -0.3 is 9.47 Å². The van der Waals surface area contributed by atoms with Crippen molar-refractivity contribution >= 4 is 27.4 Å². The Hall–Kier alpha value is -1.54. The quantitative estimate of drug-likeness (QED) is 0.574. The predicted octanol–water partition coefficient (Wildman–Crippen LogP) is 3.01. The maximum Gasteiger partial charge on any atom is 0.312 e. The third-order valence-electron chi connectivity index (χ3n) is 3.04. The second-order valence-corrected chi connectivity index (χ2v) is 5.46. The first-order valence-electron chi connectivity index (χ1n) is 6.38. The topological polar surface area (TPSA) is 78.7 Å². The van der Waals surface area contributed by atoms with E-state index in [1.165, 1.54) is 0 Å². The minimum absolute atomic E-state index is 0.0231. The van der Waals surface area contributed by atoms with E-state index in [0.717, 1.165) is 18.6 Å². The molecule has 8 heteroatoms. The average Bonchev–Trinajstić information content (AvgIpc) is 2.42. The van der Waals surface area contributed by atoms with Crippen molar-refractivity contribution in [3.8, 4) is 5.75 Å². The lowest BCUT2D eigenvalue weighted by atomic mass is 9.90. The zero-order chi connectivity index (χ0) is 15.6. The van der Waals surface area contributed by atoms with Crippen LogP contribution in [-0.4, -0.2) is 29.5 Å². The SMILES string of the molecule is CCCOC1C(=O)CC1Oc1cc(F)c(Br)cc1[N+](=O)[O-]. The lowest BCUT2D eigenvalue weighted by Crippen LogP contribution is -2.52. The maximum atomic E-state index is 13.5. The van der Waals surface area contributed by atoms with Gasteiger partial charge in [0.1, 0.15) is 11.9 Å². The highest BCUT2D eigenvalue weighted by Crippen LogP contribution is 2.35. The van der Waals surface area contributed by atoms with Gasteiger partial charge >= 0.3 is 5.69 Å². The molecule has 0 aromatic heterocycles. The first-order chi connectivity index (χ1) is 9.93. The Labute approximate surface area is 128 Å². The molecule has 1 aromatic rings. The number of ether oxygens (including phenoxy) is 2. The number of nitro benzene ring substituents is 1. The van der Waals surface area contributed by atoms with Crippen LogP contribution in [-0.2, 0) is 9.53 Å². The first kappa shape index (κ1) is 15.8. The van der Waals surface area contributed by atoms with Gasteiger partial charge in [0.2, 0.25) is 5.75 Å². The molecule has 0 aliphatic heterocycles. The molecule has 2 unspecified atom stereocenters. The molecule has 0 spiro atoms. The van der Waals surface area contributed by atoms with E-state index in [2.05, 4.69) is 15.9 Å². The molecule has 1 aliphatic carbocycles. The van der Waals surface area contributed by atoms with Gasteiger partial charge in [-0.25, -0.2) is 4.39 Å². The van der Waals surface area contributed by atoms with Crippen molar-refractivity contribution in [3.05, 3.63) is 32.5 Å². The predicted molar refractivity (Wildman–Crippen MR) is 74.8 cm³/mol. The van der Waals surface area contributed by atoms with Crippen LogP contribution in [0, 0.1) is 15.9 Å². The second kappa shape index (κ2) is 6.48. The summed E-state index contributed by atoms with van der Waals surface area (Å²) in [6.45, 7) is 2.29. The molecule has 1 aromatic carbocycles. The number of halogens is 2. The maximum absolute atomic E-state index is 13.5. The molecule has 1 aliphatic rings. The summed E-state index contributed by atoms with van der Waals surface area (Å²) in [5.74, 6) is -0.996. The molecule has 21 heavy (non-hydrogen) atoms. The summed E-state index contributed by atoms with van der Waals surface area (Å²) >= 11 is 2.89. The number of nitrogens with zero attached hydrogens (tertiary/aromatic N) is 1. The first-order valence-corrected chi connectivity index (χ1v) is 7.17. The molecule has 2 rings (SSSR count). The largest absolute Gasteiger partial charge is 0.480 e. The Balaban J connectivity index is 2.17. The normalized spacial score (nSPS) is 21.0. The van der Waals surface area contributed by atoms with E-state index in [1.807, 2.05) is 6.92 Å². The Morgan fingerprint density at radius 2 is 2.24 bits per heavy atom. The molecule has 2 atom stereocenters. The van der Waals surface area contributed by atoms with E-state index in [-0.39, 0.29) is 28.1 Å². The summed E-state index contributed by atoms with van der Waals surface area (Å²) in [6, 6.07) is 1.97. The number of hydrogen-bond donors (Lipinski definition) is 0. The van der Waals surface area contributed by atoms with Crippen LogP contribution in [0.25, 0.3) is 0 Å². The monoisotopic (exact) mass is 361 g/mol. The van der Waals surface area contributed by atoms with Crippen molar-refractivity contribution in [1.82, 2.24) is 0 Å². The van der Waals surface area contributed by atoms with Crippen molar-refractivity contribution in [3.63, 3.8) is 0 Å². The van der Waals surface area contributed by atoms with Crippen molar-refractivity contribution in [2.24, 2.45) is 0 Å². The number of rotatable bonds is 6. The third kappa shape index (κ3) is 3.38. The van der Waals surface area contributed by atoms with E-state index in [4.69, 9.17) is 9.47 Å². The van der Waals surface area contributed by atoms with Crippen LogP contribution in [0.5, 0.6) is 5.75 Å². The summed E-state index contributed by atoms with van der Waals surface area (Å²) < 4.78 is 24.2. The van der Waals surface area contributed by atoms with Crippen LogP contribution >= 0.6 is 15.9 Å². The van der Waals surface area contributed by atoms with E-state index >= 15 is 0 Å². The van der Waals surface area contributed by atoms with Gasteiger partial charge in [-0.2, -0.15) is 0 Å². The molecule has 1 saturated carbocycles. The second-order valence-electron chi connectivity index (χ2n) is 4.61. The summed E-state index contributed by atoms with van der Waals surface area (Å²) in [5.41, 5.74) is -0.364. The summed E-state index contributed by atoms with van der Waals surface area (Å²) in [7, 11) is 0. The van der Waals surface area contributed by atoms with Crippen LogP contribution in [0.1, 0.15) is 19.8 Å². The molecule has 0 radical (unpaired) electrons. The van der Waals surface area contributed by atoms with Crippen LogP contribution < -0.4 is 4.74 Å². The van der Waals surface area contributed by atoms with Gasteiger partial charge in [0.25, 0.3) is 0 Å². The fourth-order valence-corrected chi connectivity index (χ4v) is 2.27. The zero-order valence-corrected chi connectivity index (χ0v) is 12.8. The van der Waals surface area contributed by atoms with Gasteiger partial charge in [-0.3, -0.25) is 14.9 Å². The number of hydrogen-bond acceptors (Lipinski definition) is 5. The van der Waals surface area contributed by atoms with E-state index in [1.54, 1.807) is 0 Å². The zero-order valence-electron chi connectivity index (χ0n) is 11.2. The van der Waals surface area contributed by atoms with E-state index < -0.39 is 22.9 Å². The van der Waals surface area contributed by atoms with Crippen LogP contribution in [0.2, 0.25) is 0 Å². The summed E-state index contributed by atoms with van der Waals surface area (Å²) in [5, 5.41) is 11.0. The van der Waals surface area contributed by atoms with Gasteiger partial charge in [0.05, 0.1) is 9.40 Å². The molecule has 0 N–H and O–H groups in total. The molecule has 6 nitrogen and oxygen atoms in total. The highest BCUT2D eigenvalue weighted by atomic mass is 79.9. The lowest BCUT2D eigenvalue weighted by molar-refractivity contribution is -0.386. The van der Waals surface area contributed by atoms with Gasteiger partial charge in [-0.1, -0.05) is 6.92 Å². The summed E-state index contributed by atoms with van der Waals surface area (Å²) in [4.78, 5) is 21.8. The summed E-state index contributed by atoms with van der Waals surface area (Å²) in [6.07, 6.45) is -0.521. The minimum Gasteiger partial charge on any atom is -0.480 e. The van der Waals surface area contributed by atoms with Crippen molar-refractivity contribution in [2.75, 3.05) is 6.61 Å². The molecule has 0 amide bonds. The third-order valence-corrected chi connectivity index (χ3v) is 3.64. The molecule has 1 fully saturated rings. The van der Waals surface area contributed by atoms with Gasteiger partial charge in [-0.05, 0) is 22.4 Å². The number of Topliss-reactive ketones (excluding diaryl/α,β-unsaturated/α-hetero) is 1. The Bertz CT molecular complexity index is 580. The van der Waals surface area contributed by atoms with E-state index in [0.29, 0.717) is 6.61 Å². The molecule has 0 bridgehead atoms. The smallest absolute Gasteiger partial charge is 0.312 e. The van der Waals surface area contributed by atoms with Crippen LogP contribution in [0.15, 0.2) is 16.6 Å². The highest BCUT2D eigenvalue weighted by Gasteiger charge is 2.43. The van der Waals surface area contributed by atoms with Crippen LogP contribution in [0.4, 0.5) is 10.1 Å². The van der Waals surface area contributed by atoms with Gasteiger partial charge in [0, 0.05) is 25.2 Å². The lowest BCUT2D eigenvalue weighted by Gasteiger charge is -2.34. The van der Waals surface area contributed by atoms with Crippen molar-refractivity contribution < 1.29 is 23.6 Å². The molecular formula is C13H13BrFNO5. The Morgan fingerprint density at radius 3 is 2.81 bits per heavy atom. The number of benzene rings is 1. The molecule has 0 saturated heterocycles. The fourth-order valence-electron chi connectivity index (χ4n) is 1.94. The van der Waals surface area contributed by atoms with Crippen molar-refractivity contribution in [1.29, 1.82) is 0 Å². The Kier molecular flexibility index (Phi) is 4.89. The number of carbonyl (C=O) groups is 1. The molecule has 114 valence electrons. The van der Waals surface area contributed by atoms with E-state index in [9.17, 15) is 19.3 Å². The Morgan fingerprint density at radius 1 is 1.52 bits per heavy atom. The van der Waals surface area contributed by atoms with Gasteiger partial charge in [0.15, 0.2) is 11.9 Å². The number of nitro groups is 1. The van der Waals surface area contributed by atoms with Gasteiger partial charge in [-0.15, -0.1) is 0 Å².